The van der Waals surface area contributed by atoms with E-state index in [2.05, 4.69) is 15.9 Å². The molecule has 0 unspecified atom stereocenters. The zero-order valence-electron chi connectivity index (χ0n) is 8.58. The quantitative estimate of drug-likeness (QED) is 0.767. The molecule has 17 heavy (non-hydrogen) atoms. The van der Waals surface area contributed by atoms with Crippen LogP contribution < -0.4 is 0 Å². The van der Waals surface area contributed by atoms with Gasteiger partial charge in [-0.3, -0.25) is 4.79 Å². The number of carbonyl (C=O) groups excluding carboxylic acids is 1. The van der Waals surface area contributed by atoms with Gasteiger partial charge >= 0.3 is 0 Å². The van der Waals surface area contributed by atoms with Crippen molar-refractivity contribution >= 4 is 21.7 Å². The first-order valence-corrected chi connectivity index (χ1v) is 5.62. The molecular weight excluding hydrogens is 290 g/mol. The van der Waals surface area contributed by atoms with Crippen molar-refractivity contribution < 1.29 is 13.6 Å². The van der Waals surface area contributed by atoms with Crippen LogP contribution in [-0.2, 0) is 0 Å². The molecule has 4 heteroatoms. The van der Waals surface area contributed by atoms with Gasteiger partial charge in [0.05, 0.1) is 4.47 Å². The van der Waals surface area contributed by atoms with Crippen LogP contribution >= 0.6 is 15.9 Å². The molecule has 0 bridgehead atoms. The Bertz CT molecular complexity index is 581. The molecule has 0 N–H and O–H groups in total. The Morgan fingerprint density at radius 1 is 1.00 bits per heavy atom. The average molecular weight is 297 g/mol. The van der Waals surface area contributed by atoms with Crippen molar-refractivity contribution in [3.05, 3.63) is 69.7 Å². The highest BCUT2D eigenvalue weighted by Gasteiger charge is 2.11. The second-order valence-electron chi connectivity index (χ2n) is 3.47. The molecule has 0 aliphatic carbocycles. The van der Waals surface area contributed by atoms with Crippen LogP contribution in [0, 0.1) is 11.6 Å². The summed E-state index contributed by atoms with van der Waals surface area (Å²) < 4.78 is 26.2. The van der Waals surface area contributed by atoms with E-state index in [-0.39, 0.29) is 15.8 Å². The first-order valence-electron chi connectivity index (χ1n) is 4.83. The third kappa shape index (κ3) is 2.58. The highest BCUT2D eigenvalue weighted by molar-refractivity contribution is 9.10. The van der Waals surface area contributed by atoms with Crippen molar-refractivity contribution in [2.45, 2.75) is 0 Å². The van der Waals surface area contributed by atoms with Gasteiger partial charge in [-0.15, -0.1) is 0 Å². The molecule has 2 aromatic carbocycles. The fourth-order valence-electron chi connectivity index (χ4n) is 1.43. The van der Waals surface area contributed by atoms with Gasteiger partial charge in [0.2, 0.25) is 0 Å². The van der Waals surface area contributed by atoms with Crippen LogP contribution in [0.4, 0.5) is 8.78 Å². The van der Waals surface area contributed by atoms with E-state index in [0.29, 0.717) is 5.56 Å². The number of carbonyl (C=O) groups is 1. The standard InChI is InChI=1S/C13H7BrF2O/c14-11-7-9(4-5-12(11)16)13(17)8-2-1-3-10(15)6-8/h1-7H. The summed E-state index contributed by atoms with van der Waals surface area (Å²) in [5, 5.41) is 0. The normalized spacial score (nSPS) is 10.3. The minimum Gasteiger partial charge on any atom is -0.289 e. The van der Waals surface area contributed by atoms with E-state index in [1.807, 2.05) is 0 Å². The summed E-state index contributed by atoms with van der Waals surface area (Å²) in [6, 6.07) is 9.33. The maximum Gasteiger partial charge on any atom is 0.193 e. The molecule has 2 rings (SSSR count). The average Bonchev–Trinajstić information content (AvgIpc) is 2.32. The lowest BCUT2D eigenvalue weighted by Crippen LogP contribution is -2.02. The van der Waals surface area contributed by atoms with Gasteiger partial charge in [0.25, 0.3) is 0 Å². The number of hydrogen-bond donors (Lipinski definition) is 0. The number of hydrogen-bond acceptors (Lipinski definition) is 1. The monoisotopic (exact) mass is 296 g/mol. The van der Waals surface area contributed by atoms with Gasteiger partial charge in [0.15, 0.2) is 5.78 Å². The molecule has 0 fully saturated rings. The van der Waals surface area contributed by atoms with E-state index in [9.17, 15) is 13.6 Å². The zero-order valence-corrected chi connectivity index (χ0v) is 10.2. The maximum atomic E-state index is 13.0. The molecule has 0 atom stereocenters. The summed E-state index contributed by atoms with van der Waals surface area (Å²) in [5.41, 5.74) is 0.549. The second-order valence-corrected chi connectivity index (χ2v) is 4.32. The summed E-state index contributed by atoms with van der Waals surface area (Å²) >= 11 is 3.00. The smallest absolute Gasteiger partial charge is 0.193 e. The molecule has 0 heterocycles. The molecule has 0 saturated carbocycles. The topological polar surface area (TPSA) is 17.1 Å². The van der Waals surface area contributed by atoms with Crippen molar-refractivity contribution in [2.75, 3.05) is 0 Å². The van der Waals surface area contributed by atoms with Gasteiger partial charge in [0, 0.05) is 11.1 Å². The predicted octanol–water partition coefficient (Wildman–Crippen LogP) is 3.96. The SMILES string of the molecule is O=C(c1cccc(F)c1)c1ccc(F)c(Br)c1. The van der Waals surface area contributed by atoms with Crippen LogP contribution in [0.25, 0.3) is 0 Å². The minimum atomic E-state index is -0.475. The van der Waals surface area contributed by atoms with Crippen LogP contribution in [0.1, 0.15) is 15.9 Å². The fourth-order valence-corrected chi connectivity index (χ4v) is 1.81. The van der Waals surface area contributed by atoms with Crippen LogP contribution in [-0.4, -0.2) is 5.78 Å². The van der Waals surface area contributed by atoms with Gasteiger partial charge in [-0.2, -0.15) is 0 Å². The number of ketones is 1. The fraction of sp³-hybridized carbons (Fsp3) is 0. The molecule has 0 aromatic heterocycles. The van der Waals surface area contributed by atoms with E-state index in [0.717, 1.165) is 6.07 Å². The lowest BCUT2D eigenvalue weighted by molar-refractivity contribution is 0.103. The van der Waals surface area contributed by atoms with Gasteiger partial charge in [-0.05, 0) is 46.3 Å². The van der Waals surface area contributed by atoms with Crippen molar-refractivity contribution in [1.29, 1.82) is 0 Å². The van der Waals surface area contributed by atoms with Crippen molar-refractivity contribution in [3.8, 4) is 0 Å². The first kappa shape index (κ1) is 11.9. The van der Waals surface area contributed by atoms with E-state index in [1.54, 1.807) is 0 Å². The molecule has 0 aliphatic rings. The number of benzene rings is 2. The lowest BCUT2D eigenvalue weighted by atomic mass is 10.0. The first-order chi connectivity index (χ1) is 8.08. The highest BCUT2D eigenvalue weighted by Crippen LogP contribution is 2.19. The van der Waals surface area contributed by atoms with Gasteiger partial charge < -0.3 is 0 Å². The molecule has 0 spiro atoms. The van der Waals surface area contributed by atoms with Crippen molar-refractivity contribution in [1.82, 2.24) is 0 Å². The van der Waals surface area contributed by atoms with Crippen LogP contribution in [0.2, 0.25) is 0 Å². The van der Waals surface area contributed by atoms with Gasteiger partial charge in [-0.25, -0.2) is 8.78 Å². The Kier molecular flexibility index (Phi) is 3.33. The largest absolute Gasteiger partial charge is 0.289 e. The van der Waals surface area contributed by atoms with E-state index in [4.69, 9.17) is 0 Å². The second kappa shape index (κ2) is 4.75. The maximum absolute atomic E-state index is 13.0. The number of rotatable bonds is 2. The van der Waals surface area contributed by atoms with E-state index < -0.39 is 11.6 Å². The summed E-state index contributed by atoms with van der Waals surface area (Å²) in [7, 11) is 0. The Hall–Kier alpha value is -1.55. The molecule has 2 aromatic rings. The predicted molar refractivity (Wildman–Crippen MR) is 63.9 cm³/mol. The molecule has 0 amide bonds. The molecular formula is C13H7BrF2O. The Labute approximate surface area is 105 Å². The third-order valence-electron chi connectivity index (χ3n) is 2.27. The Morgan fingerprint density at radius 3 is 2.35 bits per heavy atom. The Balaban J connectivity index is 2.40. The third-order valence-corrected chi connectivity index (χ3v) is 2.88. The van der Waals surface area contributed by atoms with Gasteiger partial charge in [-0.1, -0.05) is 12.1 Å². The summed E-state index contributed by atoms with van der Waals surface area (Å²) in [5.74, 6) is -1.26. The van der Waals surface area contributed by atoms with E-state index >= 15 is 0 Å². The molecule has 0 saturated heterocycles. The lowest BCUT2D eigenvalue weighted by Gasteiger charge is -2.02. The summed E-state index contributed by atoms with van der Waals surface area (Å²) in [4.78, 5) is 12.0. The van der Waals surface area contributed by atoms with Crippen molar-refractivity contribution in [3.63, 3.8) is 0 Å². The van der Waals surface area contributed by atoms with Crippen LogP contribution in [0.5, 0.6) is 0 Å². The Morgan fingerprint density at radius 2 is 1.71 bits per heavy atom. The van der Waals surface area contributed by atoms with Crippen LogP contribution in [0.3, 0.4) is 0 Å². The van der Waals surface area contributed by atoms with Crippen molar-refractivity contribution in [2.24, 2.45) is 0 Å². The zero-order chi connectivity index (χ0) is 12.4. The van der Waals surface area contributed by atoms with E-state index in [1.165, 1.54) is 36.4 Å². The minimum absolute atomic E-state index is 0.208. The van der Waals surface area contributed by atoms with Crippen LogP contribution in [0.15, 0.2) is 46.9 Å². The molecule has 0 radical (unpaired) electrons. The summed E-state index contributed by atoms with van der Waals surface area (Å²) in [6.07, 6.45) is 0. The molecule has 1 nitrogen and oxygen atoms in total. The number of halogens is 3. The highest BCUT2D eigenvalue weighted by atomic mass is 79.9. The summed E-state index contributed by atoms with van der Waals surface area (Å²) in [6.45, 7) is 0. The molecule has 0 aliphatic heterocycles. The molecule has 86 valence electrons. The van der Waals surface area contributed by atoms with Gasteiger partial charge in [0.1, 0.15) is 11.6 Å².